The number of thiazole rings is 1. The van der Waals surface area contributed by atoms with Crippen LogP contribution in [0, 0.1) is 11.8 Å². The Morgan fingerprint density at radius 3 is 2.95 bits per heavy atom. The van der Waals surface area contributed by atoms with Crippen molar-refractivity contribution in [1.29, 1.82) is 0 Å². The van der Waals surface area contributed by atoms with E-state index in [9.17, 15) is 9.90 Å². The number of amides is 2. The number of aliphatic hydroxyl groups excluding tert-OH is 1. The van der Waals surface area contributed by atoms with Crippen molar-refractivity contribution in [1.82, 2.24) is 15.2 Å². The van der Waals surface area contributed by atoms with Gasteiger partial charge in [-0.2, -0.15) is 0 Å². The fourth-order valence-electron chi connectivity index (χ4n) is 2.51. The number of nitrogens with one attached hydrogen (secondary N) is 1. The van der Waals surface area contributed by atoms with Gasteiger partial charge >= 0.3 is 6.03 Å². The molecule has 0 bridgehead atoms. The first kappa shape index (κ1) is 16.2. The van der Waals surface area contributed by atoms with Crippen molar-refractivity contribution in [3.05, 3.63) is 16.1 Å². The van der Waals surface area contributed by atoms with Gasteiger partial charge in [-0.15, -0.1) is 11.3 Å². The summed E-state index contributed by atoms with van der Waals surface area (Å²) in [6.07, 6.45) is 3.37. The van der Waals surface area contributed by atoms with E-state index in [1.54, 1.807) is 23.2 Å². The molecule has 0 saturated carbocycles. The minimum atomic E-state index is -0.345. The lowest BCUT2D eigenvalue weighted by Gasteiger charge is -2.18. The molecule has 1 aliphatic heterocycles. The maximum Gasteiger partial charge on any atom is 0.317 e. The van der Waals surface area contributed by atoms with Crippen LogP contribution >= 0.6 is 11.3 Å². The van der Waals surface area contributed by atoms with Crippen molar-refractivity contribution in [3.8, 4) is 0 Å². The molecule has 1 fully saturated rings. The van der Waals surface area contributed by atoms with E-state index >= 15 is 0 Å². The fraction of sp³-hybridized carbons (Fsp3) is 0.733. The summed E-state index contributed by atoms with van der Waals surface area (Å²) < 4.78 is 0. The second kappa shape index (κ2) is 7.22. The maximum atomic E-state index is 12.1. The first-order valence-corrected chi connectivity index (χ1v) is 8.41. The molecule has 2 amide bonds. The lowest BCUT2D eigenvalue weighted by Crippen LogP contribution is -2.38. The number of hydrogen-bond donors (Lipinski definition) is 2. The number of carbonyl (C=O) groups excluding carboxylic acids is 1. The van der Waals surface area contributed by atoms with Crippen molar-refractivity contribution in [2.45, 2.75) is 46.3 Å². The van der Waals surface area contributed by atoms with Gasteiger partial charge in [0.05, 0.1) is 17.7 Å². The molecule has 0 aromatic carbocycles. The van der Waals surface area contributed by atoms with Crippen molar-refractivity contribution in [3.63, 3.8) is 0 Å². The van der Waals surface area contributed by atoms with Crippen LogP contribution in [-0.4, -0.2) is 40.2 Å². The summed E-state index contributed by atoms with van der Waals surface area (Å²) in [6, 6.07) is -0.0445. The fourth-order valence-corrected chi connectivity index (χ4v) is 3.59. The first-order chi connectivity index (χ1) is 9.95. The summed E-state index contributed by atoms with van der Waals surface area (Å²) in [7, 11) is 0. The van der Waals surface area contributed by atoms with E-state index in [-0.39, 0.29) is 18.1 Å². The van der Waals surface area contributed by atoms with Crippen molar-refractivity contribution >= 4 is 17.4 Å². The highest BCUT2D eigenvalue weighted by molar-refractivity contribution is 7.11. The molecular weight excluding hydrogens is 286 g/mol. The van der Waals surface area contributed by atoms with Gasteiger partial charge in [0.15, 0.2) is 0 Å². The molecule has 1 aliphatic rings. The molecule has 5 nitrogen and oxygen atoms in total. The highest BCUT2D eigenvalue weighted by atomic mass is 32.1. The van der Waals surface area contributed by atoms with Crippen LogP contribution in [0.15, 0.2) is 6.20 Å². The summed E-state index contributed by atoms with van der Waals surface area (Å²) in [5.74, 6) is 0.803. The van der Waals surface area contributed by atoms with Crippen LogP contribution in [0.3, 0.4) is 0 Å². The van der Waals surface area contributed by atoms with Crippen molar-refractivity contribution in [2.24, 2.45) is 11.8 Å². The SMILES string of the molecule is CC(C)Cc1ncc(CNC(=O)N2CCC(C(C)O)C2)s1. The van der Waals surface area contributed by atoms with E-state index in [4.69, 9.17) is 0 Å². The molecule has 1 saturated heterocycles. The zero-order valence-corrected chi connectivity index (χ0v) is 13.8. The lowest BCUT2D eigenvalue weighted by molar-refractivity contribution is 0.129. The van der Waals surface area contributed by atoms with Gasteiger partial charge in [0, 0.05) is 36.5 Å². The van der Waals surface area contributed by atoms with Crippen LogP contribution in [-0.2, 0) is 13.0 Å². The molecule has 0 aliphatic carbocycles. The first-order valence-electron chi connectivity index (χ1n) is 7.60. The number of hydrogen-bond acceptors (Lipinski definition) is 4. The molecule has 2 N–H and O–H groups in total. The second-order valence-corrected chi connectivity index (χ2v) is 7.41. The Balaban J connectivity index is 1.78. The summed E-state index contributed by atoms with van der Waals surface area (Å²) >= 11 is 1.67. The summed E-state index contributed by atoms with van der Waals surface area (Å²) in [6.45, 7) is 8.04. The van der Waals surface area contributed by atoms with Crippen LogP contribution in [0.1, 0.15) is 37.1 Å². The van der Waals surface area contributed by atoms with E-state index in [0.717, 1.165) is 29.3 Å². The number of aromatic nitrogens is 1. The van der Waals surface area contributed by atoms with E-state index in [2.05, 4.69) is 24.1 Å². The number of aliphatic hydroxyl groups is 1. The average molecular weight is 311 g/mol. The van der Waals surface area contributed by atoms with Gasteiger partial charge < -0.3 is 15.3 Å². The van der Waals surface area contributed by atoms with Gasteiger partial charge in [-0.3, -0.25) is 0 Å². The van der Waals surface area contributed by atoms with Gasteiger partial charge in [-0.05, 0) is 19.3 Å². The normalized spacial score (nSPS) is 20.0. The topological polar surface area (TPSA) is 65.5 Å². The molecule has 0 radical (unpaired) electrons. The summed E-state index contributed by atoms with van der Waals surface area (Å²) in [5.41, 5.74) is 0. The van der Waals surface area contributed by atoms with Gasteiger partial charge in [-0.1, -0.05) is 13.8 Å². The van der Waals surface area contributed by atoms with Crippen LogP contribution in [0.25, 0.3) is 0 Å². The molecule has 6 heteroatoms. The van der Waals surface area contributed by atoms with Gasteiger partial charge in [0.2, 0.25) is 0 Å². The Labute approximate surface area is 130 Å². The molecule has 1 aromatic rings. The third kappa shape index (κ3) is 4.68. The molecule has 2 rings (SSSR count). The van der Waals surface area contributed by atoms with E-state index in [1.165, 1.54) is 0 Å². The van der Waals surface area contributed by atoms with Crippen LogP contribution < -0.4 is 5.32 Å². The average Bonchev–Trinajstić information content (AvgIpc) is 3.04. The van der Waals surface area contributed by atoms with E-state index in [0.29, 0.717) is 19.0 Å². The Kier molecular flexibility index (Phi) is 5.58. The Morgan fingerprint density at radius 1 is 1.57 bits per heavy atom. The number of carbonyl (C=O) groups is 1. The highest BCUT2D eigenvalue weighted by Gasteiger charge is 2.28. The van der Waals surface area contributed by atoms with Crippen LogP contribution in [0.2, 0.25) is 0 Å². The predicted molar refractivity (Wildman–Crippen MR) is 84.3 cm³/mol. The van der Waals surface area contributed by atoms with Crippen molar-refractivity contribution < 1.29 is 9.90 Å². The standard InChI is InChI=1S/C15H25N3O2S/c1-10(2)6-14-16-7-13(21-14)8-17-15(20)18-5-4-12(9-18)11(3)19/h7,10-12,19H,4-6,8-9H2,1-3H3,(H,17,20). The smallest absolute Gasteiger partial charge is 0.317 e. The third-order valence-corrected chi connectivity index (χ3v) is 4.81. The largest absolute Gasteiger partial charge is 0.393 e. The predicted octanol–water partition coefficient (Wildman–Crippen LogP) is 2.25. The Bertz CT molecular complexity index is 473. The lowest BCUT2D eigenvalue weighted by atomic mass is 10.0. The Morgan fingerprint density at radius 2 is 2.33 bits per heavy atom. The Hall–Kier alpha value is -1.14. The van der Waals surface area contributed by atoms with E-state index in [1.807, 2.05) is 6.20 Å². The van der Waals surface area contributed by atoms with Crippen LogP contribution in [0.4, 0.5) is 4.79 Å². The maximum absolute atomic E-state index is 12.1. The quantitative estimate of drug-likeness (QED) is 0.876. The van der Waals surface area contributed by atoms with Crippen LogP contribution in [0.5, 0.6) is 0 Å². The summed E-state index contributed by atoms with van der Waals surface area (Å²) in [5, 5.41) is 13.6. The zero-order chi connectivity index (χ0) is 15.4. The highest BCUT2D eigenvalue weighted by Crippen LogP contribution is 2.20. The van der Waals surface area contributed by atoms with Gasteiger partial charge in [-0.25, -0.2) is 9.78 Å². The summed E-state index contributed by atoms with van der Waals surface area (Å²) in [4.78, 5) is 19.3. The van der Waals surface area contributed by atoms with Crippen molar-refractivity contribution in [2.75, 3.05) is 13.1 Å². The number of urea groups is 1. The second-order valence-electron chi connectivity index (χ2n) is 6.21. The zero-order valence-electron chi connectivity index (χ0n) is 13.0. The minimum absolute atomic E-state index is 0.0445. The monoisotopic (exact) mass is 311 g/mol. The molecular formula is C15H25N3O2S. The third-order valence-electron chi connectivity index (χ3n) is 3.79. The molecule has 21 heavy (non-hydrogen) atoms. The van der Waals surface area contributed by atoms with Gasteiger partial charge in [0.1, 0.15) is 0 Å². The molecule has 1 aromatic heterocycles. The molecule has 0 spiro atoms. The minimum Gasteiger partial charge on any atom is -0.393 e. The number of nitrogens with zero attached hydrogens (tertiary/aromatic N) is 2. The molecule has 2 atom stereocenters. The number of likely N-dealkylation sites (tertiary alicyclic amines) is 1. The molecule has 2 unspecified atom stereocenters. The number of rotatable bonds is 5. The van der Waals surface area contributed by atoms with E-state index < -0.39 is 0 Å². The molecule has 118 valence electrons. The molecule has 2 heterocycles. The van der Waals surface area contributed by atoms with Gasteiger partial charge in [0.25, 0.3) is 0 Å².